The van der Waals surface area contributed by atoms with E-state index in [-0.39, 0.29) is 11.0 Å². The van der Waals surface area contributed by atoms with E-state index in [4.69, 9.17) is 9.52 Å². The van der Waals surface area contributed by atoms with Gasteiger partial charge in [-0.25, -0.2) is 4.39 Å². The Morgan fingerprint density at radius 2 is 2.07 bits per heavy atom. The number of fused-ring (bicyclic) bond motifs is 1. The summed E-state index contributed by atoms with van der Waals surface area (Å²) >= 11 is 3.03. The molecule has 0 saturated carbocycles. The Labute approximate surface area is 85.9 Å². The van der Waals surface area contributed by atoms with Crippen LogP contribution in [0.25, 0.3) is 11.0 Å². The fourth-order valence-electron chi connectivity index (χ4n) is 1.17. The van der Waals surface area contributed by atoms with E-state index < -0.39 is 17.2 Å². The van der Waals surface area contributed by atoms with Crippen LogP contribution in [0.2, 0.25) is 0 Å². The monoisotopic (exact) mass is 258 g/mol. The highest BCUT2D eigenvalue weighted by Gasteiger charge is 2.09. The van der Waals surface area contributed by atoms with Gasteiger partial charge in [-0.2, -0.15) is 0 Å². The molecule has 0 aliphatic rings. The molecule has 2 rings (SSSR count). The minimum absolute atomic E-state index is 0.0923. The van der Waals surface area contributed by atoms with Gasteiger partial charge in [0.25, 0.3) is 5.95 Å². The molecule has 14 heavy (non-hydrogen) atoms. The summed E-state index contributed by atoms with van der Waals surface area (Å²) in [6.07, 6.45) is 0. The van der Waals surface area contributed by atoms with Crippen LogP contribution < -0.4 is 5.43 Å². The summed E-state index contributed by atoms with van der Waals surface area (Å²) < 4.78 is 18.1. The smallest absolute Gasteiger partial charge is 0.286 e. The zero-order chi connectivity index (χ0) is 10.3. The maximum atomic E-state index is 12.9. The average Bonchev–Trinajstić information content (AvgIpc) is 2.07. The second-order valence-electron chi connectivity index (χ2n) is 2.71. The Morgan fingerprint density at radius 1 is 1.36 bits per heavy atom. The predicted molar refractivity (Wildman–Crippen MR) is 51.8 cm³/mol. The molecule has 0 fully saturated rings. The van der Waals surface area contributed by atoms with Crippen molar-refractivity contribution in [1.82, 2.24) is 0 Å². The number of hydrogen-bond donors (Lipinski definition) is 1. The highest BCUT2D eigenvalue weighted by atomic mass is 79.9. The standard InChI is InChI=1S/C9H4BrFO3/c10-6-2-4(11)1-5-7(12)3-8(13)14-9(5)6/h1-3,13H. The summed E-state index contributed by atoms with van der Waals surface area (Å²) in [4.78, 5) is 11.3. The molecule has 0 atom stereocenters. The minimum Gasteiger partial charge on any atom is -0.481 e. The normalized spacial score (nSPS) is 10.7. The maximum absolute atomic E-state index is 12.9. The highest BCUT2D eigenvalue weighted by molar-refractivity contribution is 9.10. The Morgan fingerprint density at radius 3 is 2.79 bits per heavy atom. The molecule has 72 valence electrons. The Hall–Kier alpha value is -1.36. The number of halogens is 2. The van der Waals surface area contributed by atoms with Crippen molar-refractivity contribution < 1.29 is 13.9 Å². The number of hydrogen-bond acceptors (Lipinski definition) is 3. The van der Waals surface area contributed by atoms with Gasteiger partial charge in [-0.3, -0.25) is 4.79 Å². The van der Waals surface area contributed by atoms with Crippen molar-refractivity contribution in [2.24, 2.45) is 0 Å². The van der Waals surface area contributed by atoms with E-state index >= 15 is 0 Å². The van der Waals surface area contributed by atoms with E-state index in [0.717, 1.165) is 18.2 Å². The second-order valence-corrected chi connectivity index (χ2v) is 3.57. The van der Waals surface area contributed by atoms with Crippen molar-refractivity contribution in [3.8, 4) is 5.95 Å². The van der Waals surface area contributed by atoms with Crippen LogP contribution in [-0.4, -0.2) is 5.11 Å². The minimum atomic E-state index is -0.539. The molecule has 0 radical (unpaired) electrons. The maximum Gasteiger partial charge on any atom is 0.286 e. The Kier molecular flexibility index (Phi) is 2.03. The van der Waals surface area contributed by atoms with Gasteiger partial charge in [0.15, 0.2) is 11.0 Å². The van der Waals surface area contributed by atoms with Crippen molar-refractivity contribution in [1.29, 1.82) is 0 Å². The van der Waals surface area contributed by atoms with E-state index in [9.17, 15) is 9.18 Å². The Bertz CT molecular complexity index is 562. The van der Waals surface area contributed by atoms with Crippen LogP contribution in [0.3, 0.4) is 0 Å². The number of benzene rings is 1. The Balaban J connectivity index is 3.02. The molecule has 3 nitrogen and oxygen atoms in total. The van der Waals surface area contributed by atoms with Crippen LogP contribution in [-0.2, 0) is 0 Å². The van der Waals surface area contributed by atoms with Gasteiger partial charge >= 0.3 is 0 Å². The van der Waals surface area contributed by atoms with Crippen molar-refractivity contribution in [2.75, 3.05) is 0 Å². The zero-order valence-corrected chi connectivity index (χ0v) is 8.34. The lowest BCUT2D eigenvalue weighted by Gasteiger charge is -1.99. The van der Waals surface area contributed by atoms with Crippen LogP contribution in [0, 0.1) is 5.82 Å². The molecule has 5 heteroatoms. The summed E-state index contributed by atoms with van der Waals surface area (Å²) in [7, 11) is 0. The molecule has 0 aliphatic carbocycles. The second kappa shape index (κ2) is 3.09. The van der Waals surface area contributed by atoms with Gasteiger partial charge in [0.2, 0.25) is 0 Å². The summed E-state index contributed by atoms with van der Waals surface area (Å²) in [6.45, 7) is 0. The lowest BCUT2D eigenvalue weighted by molar-refractivity contribution is 0.339. The van der Waals surface area contributed by atoms with E-state index in [1.54, 1.807) is 0 Å². The third kappa shape index (κ3) is 1.39. The molecule has 2 aromatic rings. The summed E-state index contributed by atoms with van der Waals surface area (Å²) in [6, 6.07) is 3.12. The molecule has 1 N–H and O–H groups in total. The van der Waals surface area contributed by atoms with Crippen LogP contribution >= 0.6 is 15.9 Å². The molecule has 0 spiro atoms. The van der Waals surface area contributed by atoms with E-state index in [0.29, 0.717) is 4.47 Å². The van der Waals surface area contributed by atoms with Crippen molar-refractivity contribution in [3.05, 3.63) is 38.7 Å². The molecular formula is C9H4BrFO3. The van der Waals surface area contributed by atoms with Gasteiger partial charge in [-0.05, 0) is 28.1 Å². The van der Waals surface area contributed by atoms with Gasteiger partial charge in [0.05, 0.1) is 15.9 Å². The van der Waals surface area contributed by atoms with E-state index in [2.05, 4.69) is 15.9 Å². The molecule has 1 heterocycles. The van der Waals surface area contributed by atoms with Crippen LogP contribution in [0.4, 0.5) is 4.39 Å². The van der Waals surface area contributed by atoms with E-state index in [1.807, 2.05) is 0 Å². The first-order chi connectivity index (χ1) is 6.58. The van der Waals surface area contributed by atoms with Gasteiger partial charge in [0, 0.05) is 0 Å². The topological polar surface area (TPSA) is 50.4 Å². The summed E-state index contributed by atoms with van der Waals surface area (Å²) in [5.74, 6) is -1.03. The van der Waals surface area contributed by atoms with Gasteiger partial charge < -0.3 is 9.52 Å². The molecule has 1 aromatic heterocycles. The lowest BCUT2D eigenvalue weighted by atomic mass is 10.2. The summed E-state index contributed by atoms with van der Waals surface area (Å²) in [5.41, 5.74) is -0.347. The molecule has 0 saturated heterocycles. The number of aromatic hydroxyl groups is 1. The molecular weight excluding hydrogens is 255 g/mol. The third-order valence-electron chi connectivity index (χ3n) is 1.74. The molecule has 0 unspecified atom stereocenters. The van der Waals surface area contributed by atoms with Crippen LogP contribution in [0.5, 0.6) is 5.95 Å². The molecule has 1 aromatic carbocycles. The predicted octanol–water partition coefficient (Wildman–Crippen LogP) is 2.40. The molecule has 0 aliphatic heterocycles. The van der Waals surface area contributed by atoms with Gasteiger partial charge in [-0.1, -0.05) is 0 Å². The quantitative estimate of drug-likeness (QED) is 0.790. The van der Waals surface area contributed by atoms with Crippen LogP contribution in [0.1, 0.15) is 0 Å². The first-order valence-electron chi connectivity index (χ1n) is 3.70. The SMILES string of the molecule is O=c1cc(O)oc2c(Br)cc(F)cc12. The third-order valence-corrected chi connectivity index (χ3v) is 2.32. The van der Waals surface area contributed by atoms with Crippen molar-refractivity contribution in [3.63, 3.8) is 0 Å². The van der Waals surface area contributed by atoms with Crippen molar-refractivity contribution in [2.45, 2.75) is 0 Å². The van der Waals surface area contributed by atoms with Gasteiger partial charge in [-0.15, -0.1) is 0 Å². The molecule has 0 amide bonds. The van der Waals surface area contributed by atoms with Gasteiger partial charge in [0.1, 0.15) is 5.82 Å². The highest BCUT2D eigenvalue weighted by Crippen LogP contribution is 2.25. The van der Waals surface area contributed by atoms with Crippen LogP contribution in [0.15, 0.2) is 31.9 Å². The summed E-state index contributed by atoms with van der Waals surface area (Å²) in [5, 5.41) is 9.12. The zero-order valence-electron chi connectivity index (χ0n) is 6.75. The fraction of sp³-hybridized carbons (Fsp3) is 0. The lowest BCUT2D eigenvalue weighted by Crippen LogP contribution is -1.99. The average molecular weight is 259 g/mol. The van der Waals surface area contributed by atoms with E-state index in [1.165, 1.54) is 0 Å². The first-order valence-corrected chi connectivity index (χ1v) is 4.49. The first kappa shape index (κ1) is 9.21. The largest absolute Gasteiger partial charge is 0.481 e. The molecule has 0 bridgehead atoms. The van der Waals surface area contributed by atoms with Crippen molar-refractivity contribution >= 4 is 26.9 Å². The fourth-order valence-corrected chi connectivity index (χ4v) is 1.68. The number of rotatable bonds is 0.